The average molecular weight is 500 g/mol. The fourth-order valence-corrected chi connectivity index (χ4v) is 4.29. The van der Waals surface area contributed by atoms with E-state index in [1.807, 2.05) is 57.3 Å². The van der Waals surface area contributed by atoms with Crippen LogP contribution >= 0.6 is 11.3 Å². The van der Waals surface area contributed by atoms with Gasteiger partial charge >= 0.3 is 5.69 Å². The summed E-state index contributed by atoms with van der Waals surface area (Å²) in [6.45, 7) is 8.85. The molecule has 2 aromatic heterocycles. The number of benzene rings is 1. The number of aryl methyl sites for hydroxylation is 1. The maximum Gasteiger partial charge on any atom is 0.330 e. The lowest BCUT2D eigenvalue weighted by molar-refractivity contribution is -0.118. The molecule has 0 aliphatic rings. The SMILES string of the molecule is CCCCn1c(N)c(N(CC(C)C)C(=O)Cc2csc(COc3ccc(C)cc3)n2)c(=O)[nH]c1=O. The number of thiazole rings is 1. The highest BCUT2D eigenvalue weighted by Gasteiger charge is 2.25. The number of nitrogen functional groups attached to an aromatic ring is 1. The highest BCUT2D eigenvalue weighted by atomic mass is 32.1. The topological polar surface area (TPSA) is 123 Å². The molecule has 10 heteroatoms. The van der Waals surface area contributed by atoms with E-state index < -0.39 is 11.2 Å². The van der Waals surface area contributed by atoms with E-state index in [0.717, 1.165) is 29.2 Å². The van der Waals surface area contributed by atoms with Gasteiger partial charge in [0.2, 0.25) is 5.91 Å². The van der Waals surface area contributed by atoms with Gasteiger partial charge in [0.15, 0.2) is 5.69 Å². The third-order valence-electron chi connectivity index (χ3n) is 5.38. The number of ether oxygens (including phenoxy) is 1. The second-order valence-corrected chi connectivity index (χ2v) is 9.85. The fraction of sp³-hybridized carbons (Fsp3) is 0.440. The number of rotatable bonds is 11. The lowest BCUT2D eigenvalue weighted by Gasteiger charge is -2.26. The Morgan fingerprint density at radius 1 is 1.26 bits per heavy atom. The molecule has 9 nitrogen and oxygen atoms in total. The van der Waals surface area contributed by atoms with Crippen LogP contribution in [0.25, 0.3) is 0 Å². The molecule has 0 fully saturated rings. The van der Waals surface area contributed by atoms with Gasteiger partial charge in [0.25, 0.3) is 5.56 Å². The highest BCUT2D eigenvalue weighted by molar-refractivity contribution is 7.09. The molecule has 3 aromatic rings. The minimum atomic E-state index is -0.667. The van der Waals surface area contributed by atoms with Gasteiger partial charge in [-0.2, -0.15) is 0 Å². The van der Waals surface area contributed by atoms with Crippen LogP contribution in [0.4, 0.5) is 11.5 Å². The molecular formula is C25H33N5O4S. The van der Waals surface area contributed by atoms with Gasteiger partial charge in [-0.25, -0.2) is 9.78 Å². The summed E-state index contributed by atoms with van der Waals surface area (Å²) < 4.78 is 7.10. The number of nitrogens with two attached hydrogens (primary N) is 1. The molecule has 0 atom stereocenters. The summed E-state index contributed by atoms with van der Waals surface area (Å²) in [7, 11) is 0. The van der Waals surface area contributed by atoms with Gasteiger partial charge in [-0.3, -0.25) is 19.1 Å². The molecule has 35 heavy (non-hydrogen) atoms. The Labute approximate surface area is 208 Å². The van der Waals surface area contributed by atoms with Gasteiger partial charge in [0.1, 0.15) is 23.2 Å². The van der Waals surface area contributed by atoms with E-state index in [2.05, 4.69) is 9.97 Å². The molecule has 0 unspecified atom stereocenters. The van der Waals surface area contributed by atoms with Crippen LogP contribution in [0.2, 0.25) is 0 Å². The minimum absolute atomic E-state index is 0.000712. The Morgan fingerprint density at radius 2 is 1.97 bits per heavy atom. The minimum Gasteiger partial charge on any atom is -0.486 e. The Kier molecular flexibility index (Phi) is 8.86. The van der Waals surface area contributed by atoms with Crippen LogP contribution in [0, 0.1) is 12.8 Å². The van der Waals surface area contributed by atoms with Crippen molar-refractivity contribution in [1.82, 2.24) is 14.5 Å². The summed E-state index contributed by atoms with van der Waals surface area (Å²) in [5.41, 5.74) is 6.78. The number of nitrogens with zero attached hydrogens (tertiary/aromatic N) is 3. The molecule has 0 saturated carbocycles. The van der Waals surface area contributed by atoms with Crippen LogP contribution in [-0.2, 0) is 24.4 Å². The van der Waals surface area contributed by atoms with Crippen molar-refractivity contribution in [1.29, 1.82) is 0 Å². The first-order chi connectivity index (χ1) is 16.7. The zero-order valence-electron chi connectivity index (χ0n) is 20.7. The summed E-state index contributed by atoms with van der Waals surface area (Å²) in [4.78, 5) is 46.6. The molecule has 1 amide bonds. The number of H-pyrrole nitrogens is 1. The molecule has 0 aliphatic heterocycles. The largest absolute Gasteiger partial charge is 0.486 e. The van der Waals surface area contributed by atoms with Gasteiger partial charge in [-0.1, -0.05) is 44.9 Å². The molecule has 0 saturated heterocycles. The predicted octanol–water partition coefficient (Wildman–Crippen LogP) is 3.49. The summed E-state index contributed by atoms with van der Waals surface area (Å²) >= 11 is 1.41. The second kappa shape index (κ2) is 11.8. The number of aromatic nitrogens is 3. The first kappa shape index (κ1) is 26.2. The Hall–Kier alpha value is -3.40. The molecule has 0 spiro atoms. The zero-order valence-corrected chi connectivity index (χ0v) is 21.5. The average Bonchev–Trinajstić information content (AvgIpc) is 3.24. The van der Waals surface area contributed by atoms with Crippen molar-refractivity contribution in [3.8, 4) is 5.75 Å². The first-order valence-electron chi connectivity index (χ1n) is 11.7. The van der Waals surface area contributed by atoms with Crippen LogP contribution in [0.15, 0.2) is 39.2 Å². The normalized spacial score (nSPS) is 11.1. The van der Waals surface area contributed by atoms with Crippen molar-refractivity contribution >= 4 is 28.7 Å². The number of amides is 1. The van der Waals surface area contributed by atoms with Crippen LogP contribution in [0.3, 0.4) is 0 Å². The van der Waals surface area contributed by atoms with Gasteiger partial charge in [-0.15, -0.1) is 11.3 Å². The Morgan fingerprint density at radius 3 is 2.63 bits per heavy atom. The van der Waals surface area contributed by atoms with Gasteiger partial charge in [0, 0.05) is 18.5 Å². The van der Waals surface area contributed by atoms with E-state index in [-0.39, 0.29) is 36.3 Å². The molecule has 0 aliphatic carbocycles. The van der Waals surface area contributed by atoms with E-state index in [1.54, 1.807) is 0 Å². The van der Waals surface area contributed by atoms with E-state index in [4.69, 9.17) is 10.5 Å². The van der Waals surface area contributed by atoms with Crippen LogP contribution in [-0.4, -0.2) is 27.0 Å². The van der Waals surface area contributed by atoms with Gasteiger partial charge in [-0.05, 0) is 31.4 Å². The smallest absolute Gasteiger partial charge is 0.330 e. The molecule has 2 heterocycles. The van der Waals surface area contributed by atoms with Crippen molar-refractivity contribution in [3.63, 3.8) is 0 Å². The van der Waals surface area contributed by atoms with Crippen LogP contribution in [0.1, 0.15) is 49.9 Å². The van der Waals surface area contributed by atoms with Crippen molar-refractivity contribution in [2.24, 2.45) is 5.92 Å². The van der Waals surface area contributed by atoms with Crippen molar-refractivity contribution < 1.29 is 9.53 Å². The number of nitrogens with one attached hydrogen (secondary N) is 1. The summed E-state index contributed by atoms with van der Waals surface area (Å²) in [6.07, 6.45) is 1.58. The van der Waals surface area contributed by atoms with Crippen molar-refractivity contribution in [2.45, 2.75) is 60.1 Å². The number of carbonyl (C=O) groups is 1. The Balaban J connectivity index is 1.80. The lowest BCUT2D eigenvalue weighted by Crippen LogP contribution is -2.43. The van der Waals surface area contributed by atoms with Crippen LogP contribution < -0.4 is 26.6 Å². The third kappa shape index (κ3) is 6.82. The Bertz CT molecular complexity index is 1260. The standard InChI is InChI=1S/C25H33N5O4S/c1-5-6-11-29-23(26)22(24(32)28-25(29)33)30(13-16(2)3)21(31)12-18-15-35-20(27-18)14-34-19-9-7-17(4)8-10-19/h7-10,15-16H,5-6,11-14,26H2,1-4H3,(H,28,32,33). The van der Waals surface area contributed by atoms with Crippen molar-refractivity contribution in [2.75, 3.05) is 17.2 Å². The number of carbonyl (C=O) groups excluding carboxylic acids is 1. The zero-order chi connectivity index (χ0) is 25.5. The molecule has 3 N–H and O–H groups in total. The molecular weight excluding hydrogens is 466 g/mol. The predicted molar refractivity (Wildman–Crippen MR) is 139 cm³/mol. The molecule has 3 rings (SSSR count). The maximum absolute atomic E-state index is 13.3. The van der Waals surface area contributed by atoms with E-state index >= 15 is 0 Å². The monoisotopic (exact) mass is 499 g/mol. The van der Waals surface area contributed by atoms with Gasteiger partial charge < -0.3 is 15.4 Å². The summed E-state index contributed by atoms with van der Waals surface area (Å²) in [5, 5.41) is 2.56. The number of anilines is 2. The summed E-state index contributed by atoms with van der Waals surface area (Å²) in [6, 6.07) is 7.75. The number of unbranched alkanes of at least 4 members (excludes halogenated alkanes) is 1. The third-order valence-corrected chi connectivity index (χ3v) is 6.25. The van der Waals surface area contributed by atoms with Gasteiger partial charge in [0.05, 0.1) is 12.1 Å². The number of hydrogen-bond acceptors (Lipinski definition) is 7. The number of aromatic amines is 1. The lowest BCUT2D eigenvalue weighted by atomic mass is 10.1. The first-order valence-corrected chi connectivity index (χ1v) is 12.6. The molecule has 1 aromatic carbocycles. The van der Waals surface area contributed by atoms with Crippen LogP contribution in [0.5, 0.6) is 5.75 Å². The van der Waals surface area contributed by atoms with E-state index in [0.29, 0.717) is 18.8 Å². The highest BCUT2D eigenvalue weighted by Crippen LogP contribution is 2.21. The second-order valence-electron chi connectivity index (χ2n) is 8.91. The quantitative estimate of drug-likeness (QED) is 0.416. The molecule has 188 valence electrons. The summed E-state index contributed by atoms with van der Waals surface area (Å²) in [5.74, 6) is 0.515. The van der Waals surface area contributed by atoms with E-state index in [1.165, 1.54) is 20.8 Å². The fourth-order valence-electron chi connectivity index (χ4n) is 3.59. The van der Waals surface area contributed by atoms with E-state index in [9.17, 15) is 14.4 Å². The maximum atomic E-state index is 13.3. The molecule has 0 bridgehead atoms. The number of hydrogen-bond donors (Lipinski definition) is 2. The van der Waals surface area contributed by atoms with Crippen molar-refractivity contribution in [3.05, 3.63) is 66.7 Å². The molecule has 0 radical (unpaired) electrons.